The summed E-state index contributed by atoms with van der Waals surface area (Å²) in [5, 5.41) is 3.70. The van der Waals surface area contributed by atoms with Gasteiger partial charge in [0.1, 0.15) is 5.75 Å². The summed E-state index contributed by atoms with van der Waals surface area (Å²) in [4.78, 5) is 34.0. The van der Waals surface area contributed by atoms with Crippen molar-refractivity contribution < 1.29 is 14.3 Å². The molecule has 0 spiro atoms. The van der Waals surface area contributed by atoms with Crippen molar-refractivity contribution in [2.45, 2.75) is 25.3 Å². The van der Waals surface area contributed by atoms with E-state index >= 15 is 0 Å². The standard InChI is InChI=1S/C20H30N4O3S/c1-27-18-15-28-14-17(18)20(26)24-7-5-21(6-8-24)13-19(25)23-11-9-22(10-12-23)16-3-2-4-16/h14-16H,2-13H2,1H3. The average Bonchev–Trinajstić information content (AvgIpc) is 3.16. The molecule has 0 bridgehead atoms. The lowest BCUT2D eigenvalue weighted by atomic mass is 9.91. The van der Waals surface area contributed by atoms with Crippen LogP contribution in [-0.4, -0.2) is 103 Å². The molecule has 2 saturated heterocycles. The van der Waals surface area contributed by atoms with Gasteiger partial charge in [-0.05, 0) is 12.8 Å². The topological polar surface area (TPSA) is 56.3 Å². The molecule has 0 aromatic carbocycles. The van der Waals surface area contributed by atoms with Gasteiger partial charge in [0, 0.05) is 69.2 Å². The van der Waals surface area contributed by atoms with Gasteiger partial charge in [0.25, 0.3) is 5.91 Å². The maximum Gasteiger partial charge on any atom is 0.258 e. The van der Waals surface area contributed by atoms with E-state index in [9.17, 15) is 9.59 Å². The van der Waals surface area contributed by atoms with Gasteiger partial charge in [-0.15, -0.1) is 11.3 Å². The zero-order chi connectivity index (χ0) is 19.5. The van der Waals surface area contributed by atoms with Gasteiger partial charge < -0.3 is 14.5 Å². The number of ether oxygens (including phenoxy) is 1. The van der Waals surface area contributed by atoms with Crippen molar-refractivity contribution in [3.63, 3.8) is 0 Å². The van der Waals surface area contributed by atoms with Crippen molar-refractivity contribution in [2.75, 3.05) is 66.0 Å². The minimum Gasteiger partial charge on any atom is -0.495 e. The van der Waals surface area contributed by atoms with Gasteiger partial charge in [0.15, 0.2) is 0 Å². The normalized spacial score (nSPS) is 22.2. The van der Waals surface area contributed by atoms with E-state index in [0.717, 1.165) is 45.3 Å². The molecule has 1 aromatic rings. The third kappa shape index (κ3) is 4.18. The van der Waals surface area contributed by atoms with Crippen molar-refractivity contribution >= 4 is 23.2 Å². The number of methoxy groups -OCH3 is 1. The van der Waals surface area contributed by atoms with Crippen LogP contribution in [0.1, 0.15) is 29.6 Å². The highest BCUT2D eigenvalue weighted by Gasteiger charge is 2.31. The molecule has 3 aliphatic rings. The maximum absolute atomic E-state index is 12.7. The zero-order valence-corrected chi connectivity index (χ0v) is 17.5. The average molecular weight is 407 g/mol. The van der Waals surface area contributed by atoms with Crippen LogP contribution in [0.3, 0.4) is 0 Å². The Morgan fingerprint density at radius 2 is 1.68 bits per heavy atom. The third-order valence-corrected chi connectivity index (χ3v) is 7.08. The van der Waals surface area contributed by atoms with E-state index in [1.54, 1.807) is 7.11 Å². The summed E-state index contributed by atoms with van der Waals surface area (Å²) in [5.74, 6) is 0.900. The molecule has 3 heterocycles. The van der Waals surface area contributed by atoms with Crippen LogP contribution in [0, 0.1) is 0 Å². The van der Waals surface area contributed by atoms with Crippen LogP contribution in [-0.2, 0) is 4.79 Å². The van der Waals surface area contributed by atoms with E-state index in [2.05, 4.69) is 9.80 Å². The molecule has 2 aliphatic heterocycles. The number of rotatable bonds is 5. The van der Waals surface area contributed by atoms with Crippen molar-refractivity contribution in [3.05, 3.63) is 16.3 Å². The molecule has 1 aliphatic carbocycles. The first-order chi connectivity index (χ1) is 13.7. The van der Waals surface area contributed by atoms with Crippen molar-refractivity contribution in [1.29, 1.82) is 0 Å². The Morgan fingerprint density at radius 3 is 2.29 bits per heavy atom. The van der Waals surface area contributed by atoms with Crippen LogP contribution in [0.4, 0.5) is 0 Å². The summed E-state index contributed by atoms with van der Waals surface area (Å²) in [6.07, 6.45) is 4.01. The highest BCUT2D eigenvalue weighted by Crippen LogP contribution is 2.26. The Bertz CT molecular complexity index is 689. The summed E-state index contributed by atoms with van der Waals surface area (Å²) in [5.41, 5.74) is 0.640. The molecule has 0 radical (unpaired) electrons. The quantitative estimate of drug-likeness (QED) is 0.736. The fraction of sp³-hybridized carbons (Fsp3) is 0.700. The number of carbonyl (C=O) groups is 2. The van der Waals surface area contributed by atoms with Gasteiger partial charge in [-0.25, -0.2) is 0 Å². The Hall–Kier alpha value is -1.64. The first-order valence-corrected chi connectivity index (χ1v) is 11.2. The SMILES string of the molecule is COc1cscc1C(=O)N1CCN(CC(=O)N2CCN(C3CCC3)CC2)CC1. The molecule has 1 saturated carbocycles. The monoisotopic (exact) mass is 406 g/mol. The van der Waals surface area contributed by atoms with E-state index in [0.29, 0.717) is 30.9 Å². The van der Waals surface area contributed by atoms with E-state index < -0.39 is 0 Å². The molecule has 4 rings (SSSR count). The van der Waals surface area contributed by atoms with Gasteiger partial charge in [-0.3, -0.25) is 19.4 Å². The third-order valence-electron chi connectivity index (χ3n) is 6.35. The molecule has 8 heteroatoms. The Morgan fingerprint density at radius 1 is 1.00 bits per heavy atom. The molecule has 2 amide bonds. The molecule has 0 unspecified atom stereocenters. The lowest BCUT2D eigenvalue weighted by Crippen LogP contribution is -2.56. The molecule has 28 heavy (non-hydrogen) atoms. The molecular formula is C20H30N4O3S. The number of piperazine rings is 2. The van der Waals surface area contributed by atoms with Gasteiger partial charge in [0.2, 0.25) is 5.91 Å². The number of amides is 2. The summed E-state index contributed by atoms with van der Waals surface area (Å²) in [7, 11) is 1.59. The summed E-state index contributed by atoms with van der Waals surface area (Å²) < 4.78 is 5.27. The molecule has 1 aromatic heterocycles. The van der Waals surface area contributed by atoms with Gasteiger partial charge in [-0.1, -0.05) is 6.42 Å². The Labute approximate surface area is 170 Å². The molecule has 3 fully saturated rings. The number of thiophene rings is 1. The molecule has 7 nitrogen and oxygen atoms in total. The van der Waals surface area contributed by atoms with Crippen molar-refractivity contribution in [1.82, 2.24) is 19.6 Å². The van der Waals surface area contributed by atoms with Gasteiger partial charge >= 0.3 is 0 Å². The van der Waals surface area contributed by atoms with E-state index in [-0.39, 0.29) is 11.8 Å². The van der Waals surface area contributed by atoms with Crippen LogP contribution in [0.2, 0.25) is 0 Å². The number of nitrogens with zero attached hydrogens (tertiary/aromatic N) is 4. The van der Waals surface area contributed by atoms with Crippen LogP contribution in [0.5, 0.6) is 5.75 Å². The first-order valence-electron chi connectivity index (χ1n) is 10.3. The smallest absolute Gasteiger partial charge is 0.258 e. The highest BCUT2D eigenvalue weighted by atomic mass is 32.1. The van der Waals surface area contributed by atoms with E-state index in [4.69, 9.17) is 4.74 Å². The first kappa shape index (κ1) is 19.7. The zero-order valence-electron chi connectivity index (χ0n) is 16.6. The highest BCUT2D eigenvalue weighted by molar-refractivity contribution is 7.08. The van der Waals surface area contributed by atoms with Crippen LogP contribution >= 0.6 is 11.3 Å². The second kappa shape index (κ2) is 8.80. The number of carbonyl (C=O) groups excluding carboxylic acids is 2. The van der Waals surface area contributed by atoms with Crippen LogP contribution in [0.15, 0.2) is 10.8 Å². The fourth-order valence-corrected chi connectivity index (χ4v) is 5.03. The second-order valence-electron chi connectivity index (χ2n) is 7.92. The van der Waals surface area contributed by atoms with Crippen LogP contribution in [0.25, 0.3) is 0 Å². The second-order valence-corrected chi connectivity index (χ2v) is 8.67. The predicted octanol–water partition coefficient (Wildman–Crippen LogP) is 1.21. The van der Waals surface area contributed by atoms with E-state index in [1.165, 1.54) is 30.6 Å². The van der Waals surface area contributed by atoms with E-state index in [1.807, 2.05) is 20.6 Å². The summed E-state index contributed by atoms with van der Waals surface area (Å²) in [6, 6.07) is 0.768. The largest absolute Gasteiger partial charge is 0.495 e. The molecule has 0 atom stereocenters. The number of hydrogen-bond acceptors (Lipinski definition) is 6. The van der Waals surface area contributed by atoms with Gasteiger partial charge in [-0.2, -0.15) is 0 Å². The Balaban J connectivity index is 1.21. The minimum absolute atomic E-state index is 0.0243. The maximum atomic E-state index is 12.7. The van der Waals surface area contributed by atoms with Crippen LogP contribution < -0.4 is 4.74 Å². The fourth-order valence-electron chi connectivity index (χ4n) is 4.26. The summed E-state index contributed by atoms with van der Waals surface area (Å²) in [6.45, 7) is 6.99. The Kier molecular flexibility index (Phi) is 6.18. The van der Waals surface area contributed by atoms with Gasteiger partial charge in [0.05, 0.1) is 19.2 Å². The summed E-state index contributed by atoms with van der Waals surface area (Å²) >= 11 is 1.48. The van der Waals surface area contributed by atoms with Crippen molar-refractivity contribution in [3.8, 4) is 5.75 Å². The lowest BCUT2D eigenvalue weighted by molar-refractivity contribution is -0.135. The number of hydrogen-bond donors (Lipinski definition) is 0. The van der Waals surface area contributed by atoms with Crippen molar-refractivity contribution in [2.24, 2.45) is 0 Å². The molecule has 154 valence electrons. The molecule has 0 N–H and O–H groups in total. The predicted molar refractivity (Wildman–Crippen MR) is 109 cm³/mol. The molecular weight excluding hydrogens is 376 g/mol. The minimum atomic E-state index is 0.0243. The lowest BCUT2D eigenvalue weighted by Gasteiger charge is -2.43.